The zero-order valence-electron chi connectivity index (χ0n) is 15.1. The third-order valence-corrected chi connectivity index (χ3v) is 5.38. The lowest BCUT2D eigenvalue weighted by atomic mass is 10.1. The molecule has 1 aliphatic carbocycles. The highest BCUT2D eigenvalue weighted by atomic mass is 32.1. The Kier molecular flexibility index (Phi) is 6.66. The van der Waals surface area contributed by atoms with Crippen LogP contribution < -0.4 is 16.0 Å². The van der Waals surface area contributed by atoms with E-state index in [0.717, 1.165) is 36.6 Å². The van der Waals surface area contributed by atoms with E-state index in [0.29, 0.717) is 6.54 Å². The SMILES string of the molecule is CN=C(NCc1ccsc1)NCc1cccc(NC(=O)C2CCCC2)c1. The Hall–Kier alpha value is -2.34. The summed E-state index contributed by atoms with van der Waals surface area (Å²) >= 11 is 1.69. The molecule has 1 amide bonds. The fourth-order valence-corrected chi connectivity index (χ4v) is 3.85. The monoisotopic (exact) mass is 370 g/mol. The molecule has 0 radical (unpaired) electrons. The van der Waals surface area contributed by atoms with Crippen molar-refractivity contribution >= 4 is 28.9 Å². The Morgan fingerprint density at radius 1 is 1.15 bits per heavy atom. The van der Waals surface area contributed by atoms with Gasteiger partial charge in [0.15, 0.2) is 5.96 Å². The number of rotatable bonds is 6. The molecule has 0 saturated heterocycles. The van der Waals surface area contributed by atoms with E-state index >= 15 is 0 Å². The number of hydrogen-bond acceptors (Lipinski definition) is 3. The Morgan fingerprint density at radius 3 is 2.62 bits per heavy atom. The van der Waals surface area contributed by atoms with Crippen molar-refractivity contribution in [1.82, 2.24) is 10.6 Å². The van der Waals surface area contributed by atoms with E-state index in [1.54, 1.807) is 18.4 Å². The molecular formula is C20H26N4OS. The molecule has 1 aromatic heterocycles. The summed E-state index contributed by atoms with van der Waals surface area (Å²) in [5.74, 6) is 1.09. The standard InChI is InChI=1S/C20H26N4OS/c1-21-20(23-13-16-9-10-26-14-16)22-12-15-5-4-8-18(11-15)24-19(25)17-6-2-3-7-17/h4-5,8-11,14,17H,2-3,6-7,12-13H2,1H3,(H,24,25)(H2,21,22,23). The minimum atomic E-state index is 0.154. The lowest BCUT2D eigenvalue weighted by molar-refractivity contribution is -0.119. The molecule has 1 aliphatic rings. The average Bonchev–Trinajstić information content (AvgIpc) is 3.36. The van der Waals surface area contributed by atoms with Crippen LogP contribution in [0.5, 0.6) is 0 Å². The van der Waals surface area contributed by atoms with E-state index in [9.17, 15) is 4.79 Å². The second-order valence-corrected chi connectivity index (χ2v) is 7.36. The van der Waals surface area contributed by atoms with Crippen LogP contribution in [-0.2, 0) is 17.9 Å². The first-order valence-corrected chi connectivity index (χ1v) is 10.0. The van der Waals surface area contributed by atoms with Crippen molar-refractivity contribution in [3.63, 3.8) is 0 Å². The number of benzene rings is 1. The van der Waals surface area contributed by atoms with Crippen LogP contribution in [0.25, 0.3) is 0 Å². The lowest BCUT2D eigenvalue weighted by Crippen LogP contribution is -2.36. The summed E-state index contributed by atoms with van der Waals surface area (Å²) in [4.78, 5) is 16.5. The Bertz CT molecular complexity index is 736. The third kappa shape index (κ3) is 5.33. The van der Waals surface area contributed by atoms with Gasteiger partial charge in [-0.15, -0.1) is 0 Å². The third-order valence-electron chi connectivity index (χ3n) is 4.64. The molecule has 5 nitrogen and oxygen atoms in total. The van der Waals surface area contributed by atoms with E-state index in [1.807, 2.05) is 24.3 Å². The van der Waals surface area contributed by atoms with Crippen molar-refractivity contribution in [3.8, 4) is 0 Å². The Morgan fingerprint density at radius 2 is 1.92 bits per heavy atom. The summed E-state index contributed by atoms with van der Waals surface area (Å²) < 4.78 is 0. The van der Waals surface area contributed by atoms with Gasteiger partial charge in [0.1, 0.15) is 0 Å². The maximum Gasteiger partial charge on any atom is 0.227 e. The number of guanidine groups is 1. The second kappa shape index (κ2) is 9.38. The number of carbonyl (C=O) groups is 1. The van der Waals surface area contributed by atoms with E-state index < -0.39 is 0 Å². The van der Waals surface area contributed by atoms with Gasteiger partial charge in [0.25, 0.3) is 0 Å². The molecule has 1 heterocycles. The maximum absolute atomic E-state index is 12.3. The number of hydrogen-bond donors (Lipinski definition) is 3. The number of thiophene rings is 1. The quantitative estimate of drug-likeness (QED) is 0.536. The normalized spacial score (nSPS) is 15.0. The topological polar surface area (TPSA) is 65.5 Å². The summed E-state index contributed by atoms with van der Waals surface area (Å²) in [6.07, 6.45) is 4.36. The highest BCUT2D eigenvalue weighted by Crippen LogP contribution is 2.26. The summed E-state index contributed by atoms with van der Waals surface area (Å²) in [6, 6.07) is 10.1. The van der Waals surface area contributed by atoms with Gasteiger partial charge in [-0.2, -0.15) is 11.3 Å². The molecule has 1 aromatic carbocycles. The van der Waals surface area contributed by atoms with Gasteiger partial charge in [0, 0.05) is 31.7 Å². The van der Waals surface area contributed by atoms with Gasteiger partial charge < -0.3 is 16.0 Å². The summed E-state index contributed by atoms with van der Waals surface area (Å²) in [7, 11) is 1.77. The van der Waals surface area contributed by atoms with Gasteiger partial charge in [0.05, 0.1) is 0 Å². The minimum Gasteiger partial charge on any atom is -0.352 e. The largest absolute Gasteiger partial charge is 0.352 e. The molecule has 1 saturated carbocycles. The zero-order valence-corrected chi connectivity index (χ0v) is 15.9. The summed E-state index contributed by atoms with van der Waals surface area (Å²) in [5.41, 5.74) is 3.21. The minimum absolute atomic E-state index is 0.154. The predicted octanol–water partition coefficient (Wildman–Crippen LogP) is 3.74. The van der Waals surface area contributed by atoms with Gasteiger partial charge in [-0.05, 0) is 52.9 Å². The number of aliphatic imine (C=N–C) groups is 1. The van der Waals surface area contributed by atoms with Gasteiger partial charge in [-0.3, -0.25) is 9.79 Å². The predicted molar refractivity (Wildman–Crippen MR) is 108 cm³/mol. The van der Waals surface area contributed by atoms with Gasteiger partial charge in [-0.1, -0.05) is 25.0 Å². The first kappa shape index (κ1) is 18.5. The van der Waals surface area contributed by atoms with Gasteiger partial charge in [0.2, 0.25) is 5.91 Å². The molecule has 0 atom stereocenters. The van der Waals surface area contributed by atoms with E-state index in [1.165, 1.54) is 18.4 Å². The van der Waals surface area contributed by atoms with Crippen LogP contribution >= 0.6 is 11.3 Å². The molecule has 2 aromatic rings. The van der Waals surface area contributed by atoms with Crippen LogP contribution in [-0.4, -0.2) is 18.9 Å². The van der Waals surface area contributed by atoms with Crippen LogP contribution in [0.1, 0.15) is 36.8 Å². The molecule has 138 valence electrons. The van der Waals surface area contributed by atoms with Crippen molar-refractivity contribution in [2.75, 3.05) is 12.4 Å². The van der Waals surface area contributed by atoms with Crippen molar-refractivity contribution in [3.05, 3.63) is 52.2 Å². The fourth-order valence-electron chi connectivity index (χ4n) is 3.18. The van der Waals surface area contributed by atoms with E-state index in [4.69, 9.17) is 0 Å². The first-order chi connectivity index (χ1) is 12.7. The number of nitrogens with one attached hydrogen (secondary N) is 3. The molecule has 3 N–H and O–H groups in total. The second-order valence-electron chi connectivity index (χ2n) is 6.58. The molecule has 1 fully saturated rings. The average molecular weight is 371 g/mol. The van der Waals surface area contributed by atoms with E-state index in [-0.39, 0.29) is 11.8 Å². The van der Waals surface area contributed by atoms with Crippen molar-refractivity contribution in [2.24, 2.45) is 10.9 Å². The zero-order chi connectivity index (χ0) is 18.2. The van der Waals surface area contributed by atoms with E-state index in [2.05, 4.69) is 37.8 Å². The highest BCUT2D eigenvalue weighted by Gasteiger charge is 2.22. The number of carbonyl (C=O) groups excluding carboxylic acids is 1. The molecule has 0 aliphatic heterocycles. The maximum atomic E-state index is 12.3. The van der Waals surface area contributed by atoms with Crippen molar-refractivity contribution in [1.29, 1.82) is 0 Å². The van der Waals surface area contributed by atoms with Crippen molar-refractivity contribution < 1.29 is 4.79 Å². The van der Waals surface area contributed by atoms with Crippen molar-refractivity contribution in [2.45, 2.75) is 38.8 Å². The van der Waals surface area contributed by atoms with Crippen LogP contribution in [0.15, 0.2) is 46.1 Å². The lowest BCUT2D eigenvalue weighted by Gasteiger charge is -2.13. The Balaban J connectivity index is 1.50. The molecule has 26 heavy (non-hydrogen) atoms. The number of nitrogens with zero attached hydrogens (tertiary/aromatic N) is 1. The van der Waals surface area contributed by atoms with Crippen LogP contribution in [0.3, 0.4) is 0 Å². The fraction of sp³-hybridized carbons (Fsp3) is 0.400. The van der Waals surface area contributed by atoms with Gasteiger partial charge >= 0.3 is 0 Å². The van der Waals surface area contributed by atoms with Crippen LogP contribution in [0.2, 0.25) is 0 Å². The number of anilines is 1. The van der Waals surface area contributed by atoms with Gasteiger partial charge in [-0.25, -0.2) is 0 Å². The molecule has 3 rings (SSSR count). The molecule has 0 spiro atoms. The molecule has 0 bridgehead atoms. The van der Waals surface area contributed by atoms with Crippen LogP contribution in [0, 0.1) is 5.92 Å². The molecule has 6 heteroatoms. The van der Waals surface area contributed by atoms with Crippen LogP contribution in [0.4, 0.5) is 5.69 Å². The summed E-state index contributed by atoms with van der Waals surface area (Å²) in [6.45, 7) is 1.40. The molecular weight excluding hydrogens is 344 g/mol. The number of amides is 1. The first-order valence-electron chi connectivity index (χ1n) is 9.10. The molecule has 0 unspecified atom stereocenters. The smallest absolute Gasteiger partial charge is 0.227 e. The highest BCUT2D eigenvalue weighted by molar-refractivity contribution is 7.07. The Labute approximate surface area is 158 Å². The summed E-state index contributed by atoms with van der Waals surface area (Å²) in [5, 5.41) is 13.9.